The van der Waals surface area contributed by atoms with Gasteiger partial charge in [-0.15, -0.1) is 0 Å². The van der Waals surface area contributed by atoms with E-state index in [4.69, 9.17) is 0 Å². The lowest BCUT2D eigenvalue weighted by Crippen LogP contribution is -2.29. The minimum Gasteiger partial charge on any atom is -0.317 e. The van der Waals surface area contributed by atoms with Gasteiger partial charge in [0.2, 0.25) is 0 Å². The van der Waals surface area contributed by atoms with Crippen LogP contribution in [-0.4, -0.2) is 23.1 Å². The summed E-state index contributed by atoms with van der Waals surface area (Å²) in [5.41, 5.74) is 0. The van der Waals surface area contributed by atoms with Crippen molar-refractivity contribution in [3.63, 3.8) is 0 Å². The van der Waals surface area contributed by atoms with Crippen LogP contribution in [0.4, 0.5) is 0 Å². The fourth-order valence-electron chi connectivity index (χ4n) is 1.47. The average Bonchev–Trinajstić information content (AvgIpc) is 2.21. The van der Waals surface area contributed by atoms with Gasteiger partial charge in [-0.1, -0.05) is 6.92 Å². The van der Waals surface area contributed by atoms with Crippen molar-refractivity contribution in [2.75, 3.05) is 7.05 Å². The van der Waals surface area contributed by atoms with Gasteiger partial charge in [-0.3, -0.25) is 0 Å². The predicted octanol–water partition coefficient (Wildman–Crippen LogP) is 2.34. The molecule has 1 N–H and O–H groups in total. The zero-order valence-corrected chi connectivity index (χ0v) is 10.4. The molecule has 14 heavy (non-hydrogen) atoms. The Kier molecular flexibility index (Phi) is 4.48. The maximum Gasteiger partial charge on any atom is 0.132 e. The summed E-state index contributed by atoms with van der Waals surface area (Å²) >= 11 is 3.33. The van der Waals surface area contributed by atoms with E-state index in [9.17, 15) is 0 Å². The molecular formula is C10H16BrN3. The van der Waals surface area contributed by atoms with Gasteiger partial charge >= 0.3 is 0 Å². The second-order valence-corrected chi connectivity index (χ2v) is 4.27. The lowest BCUT2D eigenvalue weighted by Gasteiger charge is -2.20. The molecule has 1 heterocycles. The molecule has 0 spiro atoms. The van der Waals surface area contributed by atoms with Crippen LogP contribution >= 0.6 is 15.9 Å². The molecule has 4 heteroatoms. The highest BCUT2D eigenvalue weighted by atomic mass is 79.9. The van der Waals surface area contributed by atoms with E-state index in [2.05, 4.69) is 45.1 Å². The molecule has 0 saturated carbocycles. The maximum absolute atomic E-state index is 4.32. The number of hydrogen-bond donors (Lipinski definition) is 1. The number of halogens is 1. The van der Waals surface area contributed by atoms with Crippen LogP contribution in [0.15, 0.2) is 16.9 Å². The zero-order valence-electron chi connectivity index (χ0n) is 8.79. The number of likely N-dealkylation sites (N-methyl/N-ethyl adjacent to an activating group) is 1. The molecule has 0 fully saturated rings. The molecule has 0 aliphatic rings. The molecule has 0 saturated heterocycles. The van der Waals surface area contributed by atoms with Crippen molar-refractivity contribution in [3.8, 4) is 0 Å². The molecule has 2 unspecified atom stereocenters. The van der Waals surface area contributed by atoms with Gasteiger partial charge in [-0.2, -0.15) is 0 Å². The summed E-state index contributed by atoms with van der Waals surface area (Å²) in [5.74, 6) is 1.30. The van der Waals surface area contributed by atoms with Crippen molar-refractivity contribution >= 4 is 15.9 Å². The molecule has 0 bridgehead atoms. The quantitative estimate of drug-likeness (QED) is 0.900. The molecule has 1 rings (SSSR count). The van der Waals surface area contributed by atoms with Crippen LogP contribution in [0.25, 0.3) is 0 Å². The largest absolute Gasteiger partial charge is 0.317 e. The van der Waals surface area contributed by atoms with E-state index < -0.39 is 0 Å². The summed E-state index contributed by atoms with van der Waals surface area (Å²) < 4.78 is 0.924. The molecule has 0 aliphatic carbocycles. The second kappa shape index (κ2) is 5.41. The SMILES string of the molecule is CCC(c1ncc(Br)cn1)C(C)NC. The van der Waals surface area contributed by atoms with Crippen molar-refractivity contribution in [1.29, 1.82) is 0 Å². The third-order valence-electron chi connectivity index (χ3n) is 2.47. The Balaban J connectivity index is 2.84. The van der Waals surface area contributed by atoms with Crippen LogP contribution in [0, 0.1) is 0 Å². The normalized spacial score (nSPS) is 15.1. The van der Waals surface area contributed by atoms with Gasteiger partial charge < -0.3 is 5.32 Å². The monoisotopic (exact) mass is 257 g/mol. The topological polar surface area (TPSA) is 37.8 Å². The molecule has 1 aromatic heterocycles. The van der Waals surface area contributed by atoms with E-state index in [1.54, 1.807) is 12.4 Å². The van der Waals surface area contributed by atoms with E-state index in [0.717, 1.165) is 16.7 Å². The Morgan fingerprint density at radius 3 is 2.43 bits per heavy atom. The molecule has 0 aromatic carbocycles. The molecular weight excluding hydrogens is 242 g/mol. The summed E-state index contributed by atoms with van der Waals surface area (Å²) in [7, 11) is 1.96. The standard InChI is InChI=1S/C10H16BrN3/c1-4-9(7(2)12-3)10-13-5-8(11)6-14-10/h5-7,9,12H,4H2,1-3H3. The summed E-state index contributed by atoms with van der Waals surface area (Å²) in [6, 6.07) is 0.404. The van der Waals surface area contributed by atoms with E-state index in [1.165, 1.54) is 0 Å². The molecule has 78 valence electrons. The highest BCUT2D eigenvalue weighted by molar-refractivity contribution is 9.10. The first kappa shape index (κ1) is 11.6. The number of nitrogens with one attached hydrogen (secondary N) is 1. The zero-order chi connectivity index (χ0) is 10.6. The minimum absolute atomic E-state index is 0.382. The molecule has 0 amide bonds. The first-order valence-corrected chi connectivity index (χ1v) is 5.63. The van der Waals surface area contributed by atoms with Gasteiger partial charge in [0.05, 0.1) is 4.47 Å². The Bertz CT molecular complexity index is 273. The fourth-order valence-corrected chi connectivity index (χ4v) is 1.68. The lowest BCUT2D eigenvalue weighted by atomic mass is 9.97. The Labute approximate surface area is 93.5 Å². The lowest BCUT2D eigenvalue weighted by molar-refractivity contribution is 0.463. The van der Waals surface area contributed by atoms with Gasteiger partial charge in [0, 0.05) is 24.4 Å². The summed E-state index contributed by atoms with van der Waals surface area (Å²) in [5, 5.41) is 3.24. The van der Waals surface area contributed by atoms with Crippen LogP contribution in [0.5, 0.6) is 0 Å². The van der Waals surface area contributed by atoms with Crippen LogP contribution in [0.2, 0.25) is 0 Å². The fraction of sp³-hybridized carbons (Fsp3) is 0.600. The molecule has 0 aliphatic heterocycles. The van der Waals surface area contributed by atoms with E-state index in [0.29, 0.717) is 12.0 Å². The number of hydrogen-bond acceptors (Lipinski definition) is 3. The number of aromatic nitrogens is 2. The third-order valence-corrected chi connectivity index (χ3v) is 2.88. The summed E-state index contributed by atoms with van der Waals surface area (Å²) in [6.07, 6.45) is 4.64. The molecule has 1 aromatic rings. The van der Waals surface area contributed by atoms with Crippen molar-refractivity contribution < 1.29 is 0 Å². The van der Waals surface area contributed by atoms with Crippen LogP contribution in [0.1, 0.15) is 32.0 Å². The van der Waals surface area contributed by atoms with E-state index in [-0.39, 0.29) is 0 Å². The first-order valence-electron chi connectivity index (χ1n) is 4.83. The van der Waals surface area contributed by atoms with Gasteiger partial charge in [0.25, 0.3) is 0 Å². The predicted molar refractivity (Wildman–Crippen MR) is 61.3 cm³/mol. The van der Waals surface area contributed by atoms with Crippen molar-refractivity contribution in [3.05, 3.63) is 22.7 Å². The van der Waals surface area contributed by atoms with Crippen molar-refractivity contribution in [1.82, 2.24) is 15.3 Å². The first-order chi connectivity index (χ1) is 6.69. The minimum atomic E-state index is 0.382. The third kappa shape index (κ3) is 2.75. The van der Waals surface area contributed by atoms with Gasteiger partial charge in [0.1, 0.15) is 5.82 Å². The number of rotatable bonds is 4. The van der Waals surface area contributed by atoms with Crippen molar-refractivity contribution in [2.45, 2.75) is 32.2 Å². The smallest absolute Gasteiger partial charge is 0.132 e. The maximum atomic E-state index is 4.32. The van der Waals surface area contributed by atoms with Gasteiger partial charge in [0.15, 0.2) is 0 Å². The van der Waals surface area contributed by atoms with Crippen LogP contribution in [0.3, 0.4) is 0 Å². The van der Waals surface area contributed by atoms with E-state index in [1.807, 2.05) is 7.05 Å². The van der Waals surface area contributed by atoms with Crippen molar-refractivity contribution in [2.24, 2.45) is 0 Å². The van der Waals surface area contributed by atoms with Gasteiger partial charge in [-0.25, -0.2) is 9.97 Å². The highest BCUT2D eigenvalue weighted by Crippen LogP contribution is 2.20. The molecule has 0 radical (unpaired) electrons. The summed E-state index contributed by atoms with van der Waals surface area (Å²) in [6.45, 7) is 4.31. The summed E-state index contributed by atoms with van der Waals surface area (Å²) in [4.78, 5) is 8.64. The highest BCUT2D eigenvalue weighted by Gasteiger charge is 2.18. The molecule has 2 atom stereocenters. The van der Waals surface area contributed by atoms with Crippen LogP contribution < -0.4 is 5.32 Å². The number of nitrogens with zero attached hydrogens (tertiary/aromatic N) is 2. The van der Waals surface area contributed by atoms with E-state index >= 15 is 0 Å². The molecule has 3 nitrogen and oxygen atoms in total. The Morgan fingerprint density at radius 1 is 1.43 bits per heavy atom. The average molecular weight is 258 g/mol. The van der Waals surface area contributed by atoms with Gasteiger partial charge in [-0.05, 0) is 36.3 Å². The Morgan fingerprint density at radius 2 is 2.00 bits per heavy atom. The second-order valence-electron chi connectivity index (χ2n) is 3.35. The van der Waals surface area contributed by atoms with Crippen LogP contribution in [-0.2, 0) is 0 Å². The Hall–Kier alpha value is -0.480.